The molecule has 0 aliphatic rings. The molecule has 1 atom stereocenters. The van der Waals surface area contributed by atoms with Gasteiger partial charge in [-0.3, -0.25) is 0 Å². The predicted octanol–water partition coefficient (Wildman–Crippen LogP) is 2.90. The highest BCUT2D eigenvalue weighted by atomic mass is 19.1. The van der Waals surface area contributed by atoms with E-state index in [4.69, 9.17) is 4.74 Å². The third-order valence-corrected chi connectivity index (χ3v) is 3.26. The minimum atomic E-state index is -0.974. The molecule has 6 heteroatoms. The summed E-state index contributed by atoms with van der Waals surface area (Å²) in [6.45, 7) is 3.58. The van der Waals surface area contributed by atoms with E-state index in [0.717, 1.165) is 5.39 Å². The number of methoxy groups -OCH3 is 1. The van der Waals surface area contributed by atoms with Crippen LogP contribution in [0.25, 0.3) is 10.8 Å². The van der Waals surface area contributed by atoms with Crippen molar-refractivity contribution in [2.75, 3.05) is 12.4 Å². The van der Waals surface area contributed by atoms with Crippen LogP contribution in [-0.2, 0) is 4.79 Å². The molecule has 0 aliphatic carbocycles. The van der Waals surface area contributed by atoms with E-state index in [1.54, 1.807) is 32.2 Å². The molecule has 1 heterocycles. The van der Waals surface area contributed by atoms with E-state index in [9.17, 15) is 14.3 Å². The molecule has 5 nitrogen and oxygen atoms in total. The lowest BCUT2D eigenvalue weighted by Gasteiger charge is -2.19. The average molecular weight is 292 g/mol. The highest BCUT2D eigenvalue weighted by Crippen LogP contribution is 2.29. The fourth-order valence-corrected chi connectivity index (χ4v) is 2.11. The van der Waals surface area contributed by atoms with Gasteiger partial charge in [0.25, 0.3) is 0 Å². The lowest BCUT2D eigenvalue weighted by molar-refractivity contribution is -0.138. The summed E-state index contributed by atoms with van der Waals surface area (Å²) in [4.78, 5) is 15.4. The minimum absolute atomic E-state index is 0.136. The van der Waals surface area contributed by atoms with Gasteiger partial charge >= 0.3 is 5.97 Å². The second kappa shape index (κ2) is 5.95. The fraction of sp³-hybridized carbons (Fsp3) is 0.333. The third-order valence-electron chi connectivity index (χ3n) is 3.26. The zero-order valence-electron chi connectivity index (χ0n) is 12.1. The Morgan fingerprint density at radius 2 is 2.14 bits per heavy atom. The molecule has 0 aliphatic heterocycles. The molecule has 0 spiro atoms. The molecule has 0 saturated carbocycles. The number of ether oxygens (including phenoxy) is 1. The van der Waals surface area contributed by atoms with Crippen molar-refractivity contribution in [3.8, 4) is 5.75 Å². The smallest absolute Gasteiger partial charge is 0.326 e. The number of hydrogen-bond acceptors (Lipinski definition) is 4. The lowest BCUT2D eigenvalue weighted by atomic mass is 10.0. The highest BCUT2D eigenvalue weighted by molar-refractivity contribution is 5.94. The topological polar surface area (TPSA) is 71.5 Å². The molecule has 21 heavy (non-hydrogen) atoms. The van der Waals surface area contributed by atoms with Gasteiger partial charge in [0, 0.05) is 11.6 Å². The third kappa shape index (κ3) is 3.04. The molecule has 0 radical (unpaired) electrons. The fourth-order valence-electron chi connectivity index (χ4n) is 2.11. The Bertz CT molecular complexity index is 673. The Morgan fingerprint density at radius 1 is 1.43 bits per heavy atom. The first kappa shape index (κ1) is 15.0. The number of hydrogen-bond donors (Lipinski definition) is 2. The van der Waals surface area contributed by atoms with Gasteiger partial charge in [-0.1, -0.05) is 13.8 Å². The highest BCUT2D eigenvalue weighted by Gasteiger charge is 2.22. The molecule has 2 rings (SSSR count). The van der Waals surface area contributed by atoms with Crippen LogP contribution in [0, 0.1) is 11.7 Å². The Balaban J connectivity index is 2.49. The van der Waals surface area contributed by atoms with Crippen molar-refractivity contribution in [1.82, 2.24) is 4.98 Å². The number of carboxylic acid groups (broad SMARTS) is 1. The summed E-state index contributed by atoms with van der Waals surface area (Å²) < 4.78 is 18.8. The van der Waals surface area contributed by atoms with E-state index in [-0.39, 0.29) is 11.7 Å². The first-order chi connectivity index (χ1) is 9.93. The predicted molar refractivity (Wildman–Crippen MR) is 78.1 cm³/mol. The molecular formula is C15H17FN2O3. The molecule has 0 fully saturated rings. The van der Waals surface area contributed by atoms with E-state index >= 15 is 0 Å². The second-order valence-electron chi connectivity index (χ2n) is 5.07. The van der Waals surface area contributed by atoms with Crippen LogP contribution < -0.4 is 10.1 Å². The lowest BCUT2D eigenvalue weighted by Crippen LogP contribution is -2.34. The van der Waals surface area contributed by atoms with Crippen LogP contribution in [0.4, 0.5) is 10.2 Å². The quantitative estimate of drug-likeness (QED) is 0.886. The van der Waals surface area contributed by atoms with Crippen LogP contribution in [0.15, 0.2) is 24.4 Å². The number of halogens is 1. The summed E-state index contributed by atoms with van der Waals surface area (Å²) in [5.74, 6) is -1.15. The summed E-state index contributed by atoms with van der Waals surface area (Å²) in [6.07, 6.45) is 1.54. The van der Waals surface area contributed by atoms with Crippen LogP contribution in [0.3, 0.4) is 0 Å². The number of anilines is 1. The number of carbonyl (C=O) groups is 1. The minimum Gasteiger partial charge on any atom is -0.494 e. The molecule has 0 bridgehead atoms. The summed E-state index contributed by atoms with van der Waals surface area (Å²) >= 11 is 0. The molecular weight excluding hydrogens is 275 g/mol. The van der Waals surface area contributed by atoms with Crippen molar-refractivity contribution in [2.45, 2.75) is 19.9 Å². The van der Waals surface area contributed by atoms with E-state index in [1.165, 1.54) is 13.2 Å². The number of rotatable bonds is 5. The number of pyridine rings is 1. The Labute approximate surface area is 121 Å². The summed E-state index contributed by atoms with van der Waals surface area (Å²) in [5.41, 5.74) is 0. The van der Waals surface area contributed by atoms with Gasteiger partial charge in [0.15, 0.2) is 11.6 Å². The number of fused-ring (bicyclic) bond motifs is 1. The van der Waals surface area contributed by atoms with E-state index < -0.39 is 17.8 Å². The zero-order valence-corrected chi connectivity index (χ0v) is 12.1. The van der Waals surface area contributed by atoms with Crippen molar-refractivity contribution in [1.29, 1.82) is 0 Å². The normalized spacial score (nSPS) is 12.4. The first-order valence-corrected chi connectivity index (χ1v) is 6.55. The molecule has 2 N–H and O–H groups in total. The van der Waals surface area contributed by atoms with Crippen LogP contribution in [0.1, 0.15) is 13.8 Å². The molecule has 1 aromatic heterocycles. The van der Waals surface area contributed by atoms with E-state index in [2.05, 4.69) is 10.3 Å². The average Bonchev–Trinajstić information content (AvgIpc) is 2.43. The number of benzene rings is 1. The van der Waals surface area contributed by atoms with E-state index in [1.807, 2.05) is 0 Å². The molecule has 0 saturated heterocycles. The van der Waals surface area contributed by atoms with Gasteiger partial charge in [-0.2, -0.15) is 0 Å². The summed E-state index contributed by atoms with van der Waals surface area (Å²) in [7, 11) is 1.39. The number of carboxylic acids is 1. The van der Waals surface area contributed by atoms with Crippen molar-refractivity contribution in [3.05, 3.63) is 30.2 Å². The van der Waals surface area contributed by atoms with Crippen LogP contribution in [0.2, 0.25) is 0 Å². The summed E-state index contributed by atoms with van der Waals surface area (Å²) in [5, 5.41) is 13.3. The number of aliphatic carboxylic acids is 1. The van der Waals surface area contributed by atoms with Crippen LogP contribution in [-0.4, -0.2) is 29.2 Å². The zero-order chi connectivity index (χ0) is 15.6. The van der Waals surface area contributed by atoms with Crippen LogP contribution in [0.5, 0.6) is 5.75 Å². The van der Waals surface area contributed by atoms with E-state index in [0.29, 0.717) is 11.2 Å². The molecule has 2 aromatic rings. The van der Waals surface area contributed by atoms with Crippen molar-refractivity contribution in [3.63, 3.8) is 0 Å². The van der Waals surface area contributed by atoms with Gasteiger partial charge in [-0.15, -0.1) is 0 Å². The maximum Gasteiger partial charge on any atom is 0.326 e. The molecule has 0 amide bonds. The van der Waals surface area contributed by atoms with Crippen molar-refractivity contribution < 1.29 is 19.0 Å². The van der Waals surface area contributed by atoms with Gasteiger partial charge in [-0.25, -0.2) is 14.2 Å². The van der Waals surface area contributed by atoms with Crippen molar-refractivity contribution >= 4 is 22.6 Å². The first-order valence-electron chi connectivity index (χ1n) is 6.55. The monoisotopic (exact) mass is 292 g/mol. The molecule has 112 valence electrons. The van der Waals surface area contributed by atoms with Gasteiger partial charge in [0.05, 0.1) is 7.11 Å². The number of nitrogens with one attached hydrogen (secondary N) is 1. The van der Waals surface area contributed by atoms with Crippen LogP contribution >= 0.6 is 0 Å². The number of nitrogens with zero attached hydrogens (tertiary/aromatic N) is 1. The standard InChI is InChI=1S/C15H17FN2O3/c1-8(2)13(15(19)20)18-14-10-7-11(16)12(21-3)6-9(10)4-5-17-14/h4-8,13H,1-3H3,(H,17,18)(H,19,20)/t13-/m1/s1. The number of aromatic nitrogens is 1. The van der Waals surface area contributed by atoms with Gasteiger partial charge < -0.3 is 15.2 Å². The maximum absolute atomic E-state index is 13.9. The largest absolute Gasteiger partial charge is 0.494 e. The Hall–Kier alpha value is -2.37. The molecule has 1 aromatic carbocycles. The second-order valence-corrected chi connectivity index (χ2v) is 5.07. The SMILES string of the molecule is COc1cc2ccnc(N[C@@H](C(=O)O)C(C)C)c2cc1F. The summed E-state index contributed by atoms with van der Waals surface area (Å²) in [6, 6.07) is 3.77. The molecule has 0 unspecified atom stereocenters. The van der Waals surface area contributed by atoms with Gasteiger partial charge in [0.2, 0.25) is 0 Å². The Morgan fingerprint density at radius 3 is 2.71 bits per heavy atom. The maximum atomic E-state index is 13.9. The van der Waals surface area contributed by atoms with Gasteiger partial charge in [0.1, 0.15) is 11.9 Å². The van der Waals surface area contributed by atoms with Crippen molar-refractivity contribution in [2.24, 2.45) is 5.92 Å². The Kier molecular flexibility index (Phi) is 4.26. The van der Waals surface area contributed by atoms with Gasteiger partial charge in [-0.05, 0) is 29.5 Å².